The molecule has 1 aromatic heterocycles. The summed E-state index contributed by atoms with van der Waals surface area (Å²) in [7, 11) is 0. The number of para-hydroxylation sites is 1. The van der Waals surface area contributed by atoms with Crippen LogP contribution in [0.1, 0.15) is 38.8 Å². The summed E-state index contributed by atoms with van der Waals surface area (Å²) in [6.45, 7) is 0.855. The minimum atomic E-state index is -4.49. The molecule has 0 spiro atoms. The molecule has 7 heteroatoms. The second kappa shape index (κ2) is 7.84. The molecule has 0 saturated carbocycles. The number of anilines is 1. The monoisotopic (exact) mass is 435 g/mol. The van der Waals surface area contributed by atoms with Crippen molar-refractivity contribution in [1.29, 1.82) is 0 Å². The highest BCUT2D eigenvalue weighted by Crippen LogP contribution is 2.34. The number of halogens is 3. The Bertz CT molecular complexity index is 1290. The smallest absolute Gasteiger partial charge is 0.357 e. The van der Waals surface area contributed by atoms with Gasteiger partial charge in [-0.15, -0.1) is 0 Å². The average Bonchev–Trinajstić information content (AvgIpc) is 3.18. The summed E-state index contributed by atoms with van der Waals surface area (Å²) in [6, 6.07) is 20.0. The van der Waals surface area contributed by atoms with Crippen molar-refractivity contribution >= 4 is 22.5 Å². The summed E-state index contributed by atoms with van der Waals surface area (Å²) in [5.41, 5.74) is 4.22. The predicted octanol–water partition coefficient (Wildman–Crippen LogP) is 5.67. The minimum absolute atomic E-state index is 0.000585. The first-order valence-electron chi connectivity index (χ1n) is 10.3. The number of alkyl halides is 3. The number of hydrogen-bond donors (Lipinski definition) is 3. The van der Waals surface area contributed by atoms with Gasteiger partial charge in [-0.25, -0.2) is 0 Å². The van der Waals surface area contributed by atoms with Gasteiger partial charge in [0.05, 0.1) is 11.6 Å². The Morgan fingerprint density at radius 2 is 1.75 bits per heavy atom. The molecule has 1 aliphatic rings. The van der Waals surface area contributed by atoms with Gasteiger partial charge in [0.2, 0.25) is 0 Å². The van der Waals surface area contributed by atoms with E-state index in [0.717, 1.165) is 41.9 Å². The summed E-state index contributed by atoms with van der Waals surface area (Å²) < 4.78 is 38.7. The van der Waals surface area contributed by atoms with Crippen LogP contribution in [0.2, 0.25) is 0 Å². The molecule has 5 rings (SSSR count). The Balaban J connectivity index is 1.36. The predicted molar refractivity (Wildman–Crippen MR) is 118 cm³/mol. The van der Waals surface area contributed by atoms with Gasteiger partial charge >= 0.3 is 6.18 Å². The molecule has 2 heterocycles. The molecule has 0 bridgehead atoms. The van der Waals surface area contributed by atoms with Gasteiger partial charge in [-0.2, -0.15) is 13.2 Å². The van der Waals surface area contributed by atoms with Gasteiger partial charge in [0.15, 0.2) is 0 Å². The summed E-state index contributed by atoms with van der Waals surface area (Å²) >= 11 is 0. The Morgan fingerprint density at radius 1 is 0.969 bits per heavy atom. The molecule has 1 atom stereocenters. The summed E-state index contributed by atoms with van der Waals surface area (Å²) in [6.07, 6.45) is -3.55. The summed E-state index contributed by atoms with van der Waals surface area (Å²) in [4.78, 5) is 16.0. The fourth-order valence-electron chi connectivity index (χ4n) is 4.26. The highest BCUT2D eigenvalue weighted by atomic mass is 19.4. The van der Waals surface area contributed by atoms with E-state index in [1.165, 1.54) is 23.1 Å². The molecule has 0 saturated heterocycles. The third-order valence-corrected chi connectivity index (χ3v) is 5.81. The molecule has 3 N–H and O–H groups in total. The number of fused-ring (bicyclic) bond motifs is 3. The van der Waals surface area contributed by atoms with Crippen molar-refractivity contribution in [3.05, 3.63) is 101 Å². The largest absolute Gasteiger partial charge is 0.416 e. The number of carbonyl (C=O) groups excluding carboxylic acids is 1. The van der Waals surface area contributed by atoms with Crippen molar-refractivity contribution in [2.45, 2.75) is 18.6 Å². The Hall–Kier alpha value is -3.58. The SMILES string of the molecule is O=C(Nc1ccc(C2NCCc3c2[nH]c2ccccc32)cc1)c1cccc(C(F)(F)F)c1. The van der Waals surface area contributed by atoms with Crippen molar-refractivity contribution in [3.8, 4) is 0 Å². The van der Waals surface area contributed by atoms with E-state index in [-0.39, 0.29) is 11.6 Å². The molecule has 0 fully saturated rings. The normalized spacial score (nSPS) is 16.0. The van der Waals surface area contributed by atoms with E-state index in [2.05, 4.69) is 27.8 Å². The van der Waals surface area contributed by atoms with Crippen LogP contribution in [0.4, 0.5) is 18.9 Å². The van der Waals surface area contributed by atoms with E-state index >= 15 is 0 Å². The number of amides is 1. The quantitative estimate of drug-likeness (QED) is 0.388. The Morgan fingerprint density at radius 3 is 2.53 bits per heavy atom. The van der Waals surface area contributed by atoms with Crippen molar-refractivity contribution in [3.63, 3.8) is 0 Å². The second-order valence-electron chi connectivity index (χ2n) is 7.85. The first-order valence-corrected chi connectivity index (χ1v) is 10.3. The molecule has 4 aromatic rings. The number of hydrogen-bond acceptors (Lipinski definition) is 2. The number of benzene rings is 3. The minimum Gasteiger partial charge on any atom is -0.357 e. The Kier molecular flexibility index (Phi) is 4.98. The highest BCUT2D eigenvalue weighted by molar-refractivity contribution is 6.04. The lowest BCUT2D eigenvalue weighted by molar-refractivity contribution is -0.137. The third kappa shape index (κ3) is 3.76. The maximum absolute atomic E-state index is 12.9. The Labute approximate surface area is 182 Å². The molecule has 0 aliphatic carbocycles. The summed E-state index contributed by atoms with van der Waals surface area (Å²) in [5.74, 6) is -0.586. The number of rotatable bonds is 3. The number of aromatic amines is 1. The van der Waals surface area contributed by atoms with E-state index in [9.17, 15) is 18.0 Å². The van der Waals surface area contributed by atoms with Gasteiger partial charge in [-0.3, -0.25) is 4.79 Å². The maximum atomic E-state index is 12.9. The first kappa shape index (κ1) is 20.3. The van der Waals surface area contributed by atoms with E-state index in [1.807, 2.05) is 24.3 Å². The van der Waals surface area contributed by atoms with Crippen LogP contribution in [0.25, 0.3) is 10.9 Å². The zero-order valence-electron chi connectivity index (χ0n) is 17.0. The highest BCUT2D eigenvalue weighted by Gasteiger charge is 2.31. The van der Waals surface area contributed by atoms with Crippen LogP contribution in [0, 0.1) is 0 Å². The third-order valence-electron chi connectivity index (χ3n) is 5.81. The lowest BCUT2D eigenvalue weighted by Crippen LogP contribution is -2.30. The lowest BCUT2D eigenvalue weighted by atomic mass is 9.94. The fourth-order valence-corrected chi connectivity index (χ4v) is 4.26. The molecular formula is C25H20F3N3O. The molecule has 1 amide bonds. The van der Waals surface area contributed by atoms with Gasteiger partial charge in [0, 0.05) is 34.4 Å². The zero-order valence-corrected chi connectivity index (χ0v) is 17.0. The zero-order chi connectivity index (χ0) is 22.3. The molecule has 4 nitrogen and oxygen atoms in total. The van der Waals surface area contributed by atoms with Crippen LogP contribution in [-0.2, 0) is 12.6 Å². The van der Waals surface area contributed by atoms with Crippen LogP contribution in [0.5, 0.6) is 0 Å². The van der Waals surface area contributed by atoms with Crippen molar-refractivity contribution < 1.29 is 18.0 Å². The fraction of sp³-hybridized carbons (Fsp3) is 0.160. The molecule has 3 aromatic carbocycles. The molecule has 1 aliphatic heterocycles. The van der Waals surface area contributed by atoms with Gasteiger partial charge in [-0.1, -0.05) is 36.4 Å². The number of nitrogens with one attached hydrogen (secondary N) is 3. The number of aromatic nitrogens is 1. The van der Waals surface area contributed by atoms with Crippen molar-refractivity contribution in [2.75, 3.05) is 11.9 Å². The number of carbonyl (C=O) groups is 1. The first-order chi connectivity index (χ1) is 15.4. The van der Waals surface area contributed by atoms with E-state index in [1.54, 1.807) is 12.1 Å². The van der Waals surface area contributed by atoms with Crippen LogP contribution < -0.4 is 10.6 Å². The molecule has 0 radical (unpaired) electrons. The topological polar surface area (TPSA) is 56.9 Å². The van der Waals surface area contributed by atoms with Crippen LogP contribution >= 0.6 is 0 Å². The number of H-pyrrole nitrogens is 1. The van der Waals surface area contributed by atoms with Crippen LogP contribution in [0.3, 0.4) is 0 Å². The van der Waals surface area contributed by atoms with Gasteiger partial charge in [0.1, 0.15) is 0 Å². The second-order valence-corrected chi connectivity index (χ2v) is 7.85. The van der Waals surface area contributed by atoms with Gasteiger partial charge in [-0.05, 0) is 53.9 Å². The average molecular weight is 435 g/mol. The van der Waals surface area contributed by atoms with Gasteiger partial charge < -0.3 is 15.6 Å². The molecule has 32 heavy (non-hydrogen) atoms. The molecule has 1 unspecified atom stereocenters. The standard InChI is InChI=1S/C25H20F3N3O/c26-25(27,28)17-5-3-4-16(14-17)24(32)30-18-10-8-15(9-11-18)22-23-20(12-13-29-22)19-6-1-2-7-21(19)31-23/h1-11,14,22,29,31H,12-13H2,(H,30,32). The van der Waals surface area contributed by atoms with Gasteiger partial charge in [0.25, 0.3) is 5.91 Å². The van der Waals surface area contributed by atoms with Crippen molar-refractivity contribution in [1.82, 2.24) is 10.3 Å². The lowest BCUT2D eigenvalue weighted by Gasteiger charge is -2.25. The van der Waals surface area contributed by atoms with E-state index in [0.29, 0.717) is 5.69 Å². The van der Waals surface area contributed by atoms with E-state index in [4.69, 9.17) is 0 Å². The van der Waals surface area contributed by atoms with E-state index < -0.39 is 17.6 Å². The maximum Gasteiger partial charge on any atom is 0.416 e. The molecule has 162 valence electrons. The van der Waals surface area contributed by atoms with Crippen molar-refractivity contribution in [2.24, 2.45) is 0 Å². The van der Waals surface area contributed by atoms with Crippen LogP contribution in [0.15, 0.2) is 72.8 Å². The summed E-state index contributed by atoms with van der Waals surface area (Å²) in [5, 5.41) is 7.44. The molecular weight excluding hydrogens is 415 g/mol. The van der Waals surface area contributed by atoms with Crippen LogP contribution in [-0.4, -0.2) is 17.4 Å².